The average Bonchev–Trinajstić information content (AvgIpc) is 3.10. The van der Waals surface area contributed by atoms with E-state index in [1.54, 1.807) is 6.07 Å². The molecule has 140 valence electrons. The summed E-state index contributed by atoms with van der Waals surface area (Å²) in [5, 5.41) is 5.87. The van der Waals surface area contributed by atoms with E-state index in [9.17, 15) is 13.2 Å². The predicted molar refractivity (Wildman–Crippen MR) is 96.4 cm³/mol. The third kappa shape index (κ3) is 5.42. The zero-order chi connectivity index (χ0) is 18.3. The lowest BCUT2D eigenvalue weighted by Crippen LogP contribution is -2.34. The Morgan fingerprint density at radius 1 is 1.24 bits per heavy atom. The Bertz CT molecular complexity index is 685. The number of hydrogen-bond acceptors (Lipinski definition) is 5. The number of sulfonamides is 1. The van der Waals surface area contributed by atoms with Gasteiger partial charge in [-0.1, -0.05) is 19.8 Å². The molecule has 1 saturated carbocycles. The van der Waals surface area contributed by atoms with Gasteiger partial charge >= 0.3 is 0 Å². The molecule has 2 rings (SSSR count). The third-order valence-electron chi connectivity index (χ3n) is 4.23. The quantitative estimate of drug-likeness (QED) is 0.570. The molecule has 1 aliphatic carbocycles. The summed E-state index contributed by atoms with van der Waals surface area (Å²) >= 11 is 0. The van der Waals surface area contributed by atoms with Crippen LogP contribution < -0.4 is 20.1 Å². The van der Waals surface area contributed by atoms with E-state index in [0.29, 0.717) is 18.7 Å². The second-order valence-electron chi connectivity index (χ2n) is 6.08. The van der Waals surface area contributed by atoms with Crippen LogP contribution in [0.2, 0.25) is 0 Å². The SMILES string of the molecule is CCNCCNC(=O)c1ccc(OC)c(S(=O)(=O)NC2CCCC2)c1. The zero-order valence-electron chi connectivity index (χ0n) is 14.8. The fraction of sp³-hybridized carbons (Fsp3) is 0.588. The Morgan fingerprint density at radius 3 is 2.60 bits per heavy atom. The maximum atomic E-state index is 12.7. The lowest BCUT2D eigenvalue weighted by atomic mass is 10.2. The molecule has 1 fully saturated rings. The molecule has 0 radical (unpaired) electrons. The smallest absolute Gasteiger partial charge is 0.251 e. The predicted octanol–water partition coefficient (Wildman–Crippen LogP) is 1.26. The van der Waals surface area contributed by atoms with Gasteiger partial charge in [-0.25, -0.2) is 13.1 Å². The maximum Gasteiger partial charge on any atom is 0.251 e. The van der Waals surface area contributed by atoms with Gasteiger partial charge in [0.05, 0.1) is 7.11 Å². The summed E-state index contributed by atoms with van der Waals surface area (Å²) in [6.07, 6.45) is 3.73. The minimum atomic E-state index is -3.74. The van der Waals surface area contributed by atoms with Crippen LogP contribution in [0.25, 0.3) is 0 Å². The molecule has 0 aliphatic heterocycles. The molecule has 1 aromatic carbocycles. The van der Waals surface area contributed by atoms with E-state index in [1.165, 1.54) is 19.2 Å². The van der Waals surface area contributed by atoms with Crippen molar-refractivity contribution in [1.82, 2.24) is 15.4 Å². The normalized spacial score (nSPS) is 15.3. The summed E-state index contributed by atoms with van der Waals surface area (Å²) in [4.78, 5) is 12.2. The molecule has 0 aromatic heterocycles. The van der Waals surface area contributed by atoms with Crippen LogP contribution in [0.1, 0.15) is 43.0 Å². The Hall–Kier alpha value is -1.64. The van der Waals surface area contributed by atoms with Gasteiger partial charge in [0.2, 0.25) is 10.0 Å². The van der Waals surface area contributed by atoms with E-state index in [2.05, 4.69) is 15.4 Å². The van der Waals surface area contributed by atoms with Crippen LogP contribution in [0.4, 0.5) is 0 Å². The Kier molecular flexibility index (Phi) is 7.22. The van der Waals surface area contributed by atoms with Gasteiger partial charge in [-0.15, -0.1) is 0 Å². The van der Waals surface area contributed by atoms with Crippen LogP contribution in [0.3, 0.4) is 0 Å². The fourth-order valence-electron chi connectivity index (χ4n) is 2.90. The van der Waals surface area contributed by atoms with Crippen LogP contribution >= 0.6 is 0 Å². The molecule has 0 saturated heterocycles. The van der Waals surface area contributed by atoms with Crippen LogP contribution in [-0.4, -0.2) is 47.1 Å². The van der Waals surface area contributed by atoms with Crippen molar-refractivity contribution in [3.8, 4) is 5.75 Å². The van der Waals surface area contributed by atoms with E-state index in [0.717, 1.165) is 32.2 Å². The molecule has 0 spiro atoms. The summed E-state index contributed by atoms with van der Waals surface area (Å²) in [6, 6.07) is 4.41. The highest BCUT2D eigenvalue weighted by Gasteiger charge is 2.26. The van der Waals surface area contributed by atoms with Gasteiger partial charge in [-0.05, 0) is 37.6 Å². The summed E-state index contributed by atoms with van der Waals surface area (Å²) in [5.74, 6) is -0.0763. The fourth-order valence-corrected chi connectivity index (χ4v) is 4.40. The van der Waals surface area contributed by atoms with E-state index in [-0.39, 0.29) is 22.6 Å². The molecule has 1 aromatic rings. The van der Waals surface area contributed by atoms with Crippen molar-refractivity contribution in [3.05, 3.63) is 23.8 Å². The molecule has 8 heteroatoms. The number of carbonyl (C=O) groups excluding carboxylic acids is 1. The van der Waals surface area contributed by atoms with Crippen molar-refractivity contribution < 1.29 is 17.9 Å². The van der Waals surface area contributed by atoms with Gasteiger partial charge in [0.25, 0.3) is 5.91 Å². The molecular weight excluding hydrogens is 342 g/mol. The number of rotatable bonds is 9. The van der Waals surface area contributed by atoms with Crippen molar-refractivity contribution in [2.24, 2.45) is 0 Å². The highest BCUT2D eigenvalue weighted by Crippen LogP contribution is 2.27. The topological polar surface area (TPSA) is 96.5 Å². The van der Waals surface area contributed by atoms with Crippen LogP contribution in [0, 0.1) is 0 Å². The molecule has 25 heavy (non-hydrogen) atoms. The van der Waals surface area contributed by atoms with Crippen LogP contribution in [0.15, 0.2) is 23.1 Å². The van der Waals surface area contributed by atoms with Crippen molar-refractivity contribution in [1.29, 1.82) is 0 Å². The van der Waals surface area contributed by atoms with Gasteiger partial charge in [-0.2, -0.15) is 0 Å². The lowest BCUT2D eigenvalue weighted by Gasteiger charge is -2.15. The van der Waals surface area contributed by atoms with E-state index < -0.39 is 10.0 Å². The Balaban J connectivity index is 2.16. The number of likely N-dealkylation sites (N-methyl/N-ethyl adjacent to an activating group) is 1. The first-order valence-electron chi connectivity index (χ1n) is 8.67. The first-order valence-corrected chi connectivity index (χ1v) is 10.2. The monoisotopic (exact) mass is 369 g/mol. The van der Waals surface area contributed by atoms with Crippen molar-refractivity contribution >= 4 is 15.9 Å². The highest BCUT2D eigenvalue weighted by atomic mass is 32.2. The van der Waals surface area contributed by atoms with E-state index in [4.69, 9.17) is 4.74 Å². The lowest BCUT2D eigenvalue weighted by molar-refractivity contribution is 0.0953. The summed E-state index contributed by atoms with van der Waals surface area (Å²) in [6.45, 7) is 3.95. The minimum absolute atomic E-state index is 0.00114. The largest absolute Gasteiger partial charge is 0.495 e. The maximum absolute atomic E-state index is 12.7. The van der Waals surface area contributed by atoms with Crippen LogP contribution in [0.5, 0.6) is 5.75 Å². The van der Waals surface area contributed by atoms with Gasteiger partial charge in [0.15, 0.2) is 0 Å². The molecule has 1 amide bonds. The van der Waals surface area contributed by atoms with Gasteiger partial charge < -0.3 is 15.4 Å². The van der Waals surface area contributed by atoms with Crippen molar-refractivity contribution in [2.75, 3.05) is 26.7 Å². The number of methoxy groups -OCH3 is 1. The minimum Gasteiger partial charge on any atom is -0.495 e. The van der Waals surface area contributed by atoms with Gasteiger partial charge in [0.1, 0.15) is 10.6 Å². The first-order chi connectivity index (χ1) is 12.0. The van der Waals surface area contributed by atoms with Crippen molar-refractivity contribution in [2.45, 2.75) is 43.5 Å². The first kappa shape index (κ1) is 19.7. The second kappa shape index (κ2) is 9.17. The second-order valence-corrected chi connectivity index (χ2v) is 7.76. The number of amides is 1. The summed E-state index contributed by atoms with van der Waals surface area (Å²) < 4.78 is 33.3. The Morgan fingerprint density at radius 2 is 1.96 bits per heavy atom. The number of nitrogens with one attached hydrogen (secondary N) is 3. The molecular formula is C17H27N3O4S. The highest BCUT2D eigenvalue weighted by molar-refractivity contribution is 7.89. The third-order valence-corrected chi connectivity index (χ3v) is 5.77. The number of ether oxygens (including phenoxy) is 1. The molecule has 0 unspecified atom stereocenters. The molecule has 0 atom stereocenters. The van der Waals surface area contributed by atoms with Crippen molar-refractivity contribution in [3.63, 3.8) is 0 Å². The molecule has 0 heterocycles. The summed E-state index contributed by atoms with van der Waals surface area (Å²) in [5.41, 5.74) is 0.295. The zero-order valence-corrected chi connectivity index (χ0v) is 15.6. The number of benzene rings is 1. The molecule has 7 nitrogen and oxygen atoms in total. The number of hydrogen-bond donors (Lipinski definition) is 3. The molecule has 1 aliphatic rings. The van der Waals surface area contributed by atoms with E-state index in [1.807, 2.05) is 6.92 Å². The van der Waals surface area contributed by atoms with Gasteiger partial charge in [0, 0.05) is 24.7 Å². The molecule has 3 N–H and O–H groups in total. The van der Waals surface area contributed by atoms with E-state index >= 15 is 0 Å². The van der Waals surface area contributed by atoms with Gasteiger partial charge in [-0.3, -0.25) is 4.79 Å². The molecule has 0 bridgehead atoms. The average molecular weight is 369 g/mol. The standard InChI is InChI=1S/C17H27N3O4S/c1-3-18-10-11-19-17(21)13-8-9-15(24-2)16(12-13)25(22,23)20-14-6-4-5-7-14/h8-9,12,14,18,20H,3-7,10-11H2,1-2H3,(H,19,21). The van der Waals surface area contributed by atoms with Crippen LogP contribution in [-0.2, 0) is 10.0 Å². The summed E-state index contributed by atoms with van der Waals surface area (Å²) in [7, 11) is -2.32. The Labute approximate surface area is 149 Å². The number of carbonyl (C=O) groups is 1.